The molecule has 0 aromatic carbocycles. The summed E-state index contributed by atoms with van der Waals surface area (Å²) in [6.07, 6.45) is 112. The summed E-state index contributed by atoms with van der Waals surface area (Å²) >= 11 is 0. The first kappa shape index (κ1) is 82.0. The summed E-state index contributed by atoms with van der Waals surface area (Å²) in [5, 5.41) is 9.72. The number of esters is 2. The number of ether oxygens (including phenoxy) is 2. The van der Waals surface area contributed by atoms with Crippen molar-refractivity contribution < 1.29 is 24.2 Å². The van der Waals surface area contributed by atoms with Gasteiger partial charge >= 0.3 is 11.9 Å². The lowest BCUT2D eigenvalue weighted by molar-refractivity contribution is -0.161. The van der Waals surface area contributed by atoms with Gasteiger partial charge in [0.1, 0.15) is 6.61 Å². The second kappa shape index (κ2) is 75.3. The minimum atomic E-state index is -0.778. The van der Waals surface area contributed by atoms with Gasteiger partial charge < -0.3 is 14.6 Å². The zero-order valence-corrected chi connectivity index (χ0v) is 56.5. The predicted octanol–water partition coefficient (Wildman–Crippen LogP) is 25.9. The highest BCUT2D eigenvalue weighted by atomic mass is 16.6. The number of aliphatic hydroxyl groups excluding tert-OH is 1. The van der Waals surface area contributed by atoms with E-state index in [1.807, 2.05) is 0 Å². The average molecular weight is 1190 g/mol. The number of allylic oxidation sites excluding steroid dienone is 22. The molecular weight excluding hydrogens is 1050 g/mol. The van der Waals surface area contributed by atoms with Crippen LogP contribution in [0.25, 0.3) is 0 Å². The smallest absolute Gasteiger partial charge is 0.306 e. The van der Waals surface area contributed by atoms with Crippen molar-refractivity contribution in [3.05, 3.63) is 134 Å². The highest BCUT2D eigenvalue weighted by Crippen LogP contribution is 2.18. The van der Waals surface area contributed by atoms with Crippen molar-refractivity contribution >= 4 is 11.9 Å². The molecule has 5 nitrogen and oxygen atoms in total. The molecule has 0 spiro atoms. The molecule has 0 aliphatic rings. The van der Waals surface area contributed by atoms with Crippen molar-refractivity contribution in [2.45, 2.75) is 354 Å². The molecular formula is C81H138O5. The van der Waals surface area contributed by atoms with Gasteiger partial charge in [0.15, 0.2) is 6.10 Å². The maximum Gasteiger partial charge on any atom is 0.306 e. The van der Waals surface area contributed by atoms with Crippen LogP contribution in [0.1, 0.15) is 348 Å². The number of carbonyl (C=O) groups is 2. The third-order valence-electron chi connectivity index (χ3n) is 15.9. The maximum absolute atomic E-state index is 12.4. The maximum atomic E-state index is 12.4. The molecule has 0 saturated carbocycles. The number of hydrogen-bond donors (Lipinski definition) is 1. The first-order chi connectivity index (χ1) is 42.6. The number of carbonyl (C=O) groups excluding carboxylic acids is 2. The lowest BCUT2D eigenvalue weighted by Gasteiger charge is -2.15. The van der Waals surface area contributed by atoms with Crippen LogP contribution in [0.5, 0.6) is 0 Å². The Morgan fingerprint density at radius 3 is 0.698 bits per heavy atom. The minimum absolute atomic E-state index is 0.0666. The first-order valence-electron chi connectivity index (χ1n) is 36.7. The fourth-order valence-corrected chi connectivity index (χ4v) is 10.5. The monoisotopic (exact) mass is 1190 g/mol. The van der Waals surface area contributed by atoms with Gasteiger partial charge in [-0.1, -0.05) is 359 Å². The molecule has 0 rings (SSSR count). The fourth-order valence-electron chi connectivity index (χ4n) is 10.5. The molecule has 0 aromatic heterocycles. The summed E-state index contributed by atoms with van der Waals surface area (Å²) in [5.74, 6) is -0.579. The molecule has 1 unspecified atom stereocenters. The Morgan fingerprint density at radius 2 is 0.465 bits per heavy atom. The normalized spacial score (nSPS) is 13.0. The van der Waals surface area contributed by atoms with Crippen molar-refractivity contribution in [1.29, 1.82) is 0 Å². The number of aliphatic hydroxyl groups is 1. The Hall–Kier alpha value is -3.96. The lowest BCUT2D eigenvalue weighted by Crippen LogP contribution is -2.28. The van der Waals surface area contributed by atoms with Crippen molar-refractivity contribution in [2.24, 2.45) is 0 Å². The van der Waals surface area contributed by atoms with E-state index in [0.29, 0.717) is 12.8 Å². The van der Waals surface area contributed by atoms with Crippen LogP contribution in [-0.2, 0) is 19.1 Å². The summed E-state index contributed by atoms with van der Waals surface area (Å²) in [4.78, 5) is 24.7. The van der Waals surface area contributed by atoms with Gasteiger partial charge in [-0.3, -0.25) is 9.59 Å². The van der Waals surface area contributed by atoms with Gasteiger partial charge in [-0.15, -0.1) is 0 Å². The van der Waals surface area contributed by atoms with Crippen molar-refractivity contribution in [1.82, 2.24) is 0 Å². The van der Waals surface area contributed by atoms with E-state index >= 15 is 0 Å². The third-order valence-corrected chi connectivity index (χ3v) is 15.9. The van der Waals surface area contributed by atoms with E-state index in [0.717, 1.165) is 109 Å². The second-order valence-corrected chi connectivity index (χ2v) is 24.3. The van der Waals surface area contributed by atoms with Gasteiger partial charge in [-0.25, -0.2) is 0 Å². The van der Waals surface area contributed by atoms with E-state index in [2.05, 4.69) is 148 Å². The SMILES string of the molecule is CC/C=C\C/C=C\C/C=C\C/C=C\C/C=C\C/C=C\CCCCCCCCCCCCCCCCCCC(=O)OC(CO)COC(=O)CCCCCCCCCCCCCCCCCCCCCCC/C=C\C/C=C\C/C=C\C/C=C\C/C=C\CC. The van der Waals surface area contributed by atoms with Crippen molar-refractivity contribution in [2.75, 3.05) is 13.2 Å². The Kier molecular flexibility index (Phi) is 71.8. The lowest BCUT2D eigenvalue weighted by atomic mass is 10.0. The van der Waals surface area contributed by atoms with Crippen molar-refractivity contribution in [3.63, 3.8) is 0 Å². The van der Waals surface area contributed by atoms with Crippen LogP contribution in [0, 0.1) is 0 Å². The molecule has 0 heterocycles. The molecule has 0 bridgehead atoms. The molecule has 5 heteroatoms. The zero-order valence-electron chi connectivity index (χ0n) is 56.5. The summed E-state index contributed by atoms with van der Waals surface area (Å²) in [5.41, 5.74) is 0. The van der Waals surface area contributed by atoms with E-state index in [-0.39, 0.29) is 25.2 Å². The molecule has 86 heavy (non-hydrogen) atoms. The summed E-state index contributed by atoms with van der Waals surface area (Å²) in [6, 6.07) is 0. The highest BCUT2D eigenvalue weighted by molar-refractivity contribution is 5.70. The van der Waals surface area contributed by atoms with Crippen LogP contribution < -0.4 is 0 Å². The molecule has 1 N–H and O–H groups in total. The van der Waals surface area contributed by atoms with Gasteiger partial charge in [0.25, 0.3) is 0 Å². The molecule has 492 valence electrons. The van der Waals surface area contributed by atoms with E-state index in [9.17, 15) is 14.7 Å². The first-order valence-corrected chi connectivity index (χ1v) is 36.7. The quantitative estimate of drug-likeness (QED) is 0.0373. The highest BCUT2D eigenvalue weighted by Gasteiger charge is 2.16. The Bertz CT molecular complexity index is 1730. The van der Waals surface area contributed by atoms with Gasteiger partial charge in [0, 0.05) is 12.8 Å². The summed E-state index contributed by atoms with van der Waals surface area (Å²) in [6.45, 7) is 3.94. The Labute approximate surface area is 534 Å². The van der Waals surface area contributed by atoms with Crippen LogP contribution in [0.2, 0.25) is 0 Å². The van der Waals surface area contributed by atoms with Gasteiger partial charge in [0.05, 0.1) is 6.61 Å². The Morgan fingerprint density at radius 1 is 0.267 bits per heavy atom. The minimum Gasteiger partial charge on any atom is -0.462 e. The molecule has 1 atom stereocenters. The third kappa shape index (κ3) is 72.5. The predicted molar refractivity (Wildman–Crippen MR) is 380 cm³/mol. The molecule has 0 radical (unpaired) electrons. The van der Waals surface area contributed by atoms with Crippen LogP contribution in [0.15, 0.2) is 134 Å². The molecule has 0 amide bonds. The largest absolute Gasteiger partial charge is 0.462 e. The standard InChI is InChI=1S/C81H138O5/c1-3-5-7-9-11-13-15-17-19-21-23-25-27-29-31-33-35-37-39-40-42-43-45-47-49-51-53-55-57-59-61-63-65-67-69-71-73-75-80(83)85-78-79(77-82)86-81(84)76-74-72-70-68-66-64-62-60-58-56-54-52-50-48-46-44-41-38-36-34-32-30-28-26-24-22-20-18-16-14-12-10-8-6-4-2/h5-8,11-14,17-20,23-26,29-32,36,38,79,82H,3-4,9-10,15-16,21-22,27-28,33-35,37,39-78H2,1-2H3/b7-5-,8-6-,13-11-,14-12-,19-17-,20-18-,25-23-,26-24-,31-29-,32-30-,38-36-. The van der Waals surface area contributed by atoms with E-state index in [1.54, 1.807) is 0 Å². The number of unbranched alkanes of at least 4 members (excludes halogenated alkanes) is 37. The number of rotatable bonds is 67. The molecule has 0 aromatic rings. The fraction of sp³-hybridized carbons (Fsp3) is 0.704. The zero-order chi connectivity index (χ0) is 61.9. The van der Waals surface area contributed by atoms with Crippen LogP contribution in [0.4, 0.5) is 0 Å². The van der Waals surface area contributed by atoms with Gasteiger partial charge in [0.2, 0.25) is 0 Å². The average Bonchev–Trinajstić information content (AvgIpc) is 3.55. The van der Waals surface area contributed by atoms with E-state index in [4.69, 9.17) is 9.47 Å². The topological polar surface area (TPSA) is 72.8 Å². The van der Waals surface area contributed by atoms with Crippen LogP contribution in [-0.4, -0.2) is 36.4 Å². The molecule has 0 saturated heterocycles. The van der Waals surface area contributed by atoms with Crippen LogP contribution in [0.3, 0.4) is 0 Å². The number of hydrogen-bond acceptors (Lipinski definition) is 5. The van der Waals surface area contributed by atoms with Crippen molar-refractivity contribution in [3.8, 4) is 0 Å². The van der Waals surface area contributed by atoms with E-state index in [1.165, 1.54) is 212 Å². The molecule has 0 aliphatic carbocycles. The van der Waals surface area contributed by atoms with E-state index < -0.39 is 6.10 Å². The van der Waals surface area contributed by atoms with Gasteiger partial charge in [-0.05, 0) is 109 Å². The summed E-state index contributed by atoms with van der Waals surface area (Å²) < 4.78 is 10.8. The second-order valence-electron chi connectivity index (χ2n) is 24.3. The Balaban J connectivity index is 3.44. The van der Waals surface area contributed by atoms with Crippen LogP contribution >= 0.6 is 0 Å². The summed E-state index contributed by atoms with van der Waals surface area (Å²) in [7, 11) is 0. The molecule has 0 fully saturated rings. The van der Waals surface area contributed by atoms with Gasteiger partial charge in [-0.2, -0.15) is 0 Å². The molecule has 0 aliphatic heterocycles.